The van der Waals surface area contributed by atoms with Gasteiger partial charge in [-0.15, -0.1) is 0 Å². The molecule has 0 aromatic carbocycles. The second-order valence-electron chi connectivity index (χ2n) is 4.77. The number of aromatic nitrogens is 1. The minimum atomic E-state index is -0.455. The molecule has 5 heteroatoms. The van der Waals surface area contributed by atoms with Crippen molar-refractivity contribution in [2.75, 3.05) is 11.9 Å². The average Bonchev–Trinajstić information content (AvgIpc) is 2.75. The van der Waals surface area contributed by atoms with E-state index in [2.05, 4.69) is 31.1 Å². The van der Waals surface area contributed by atoms with Crippen molar-refractivity contribution in [2.45, 2.75) is 46.6 Å². The fraction of sp³-hybridized carbons (Fsp3) is 0.692. The van der Waals surface area contributed by atoms with Crippen LogP contribution in [0.2, 0.25) is 0 Å². The molecule has 102 valence electrons. The van der Waals surface area contributed by atoms with Gasteiger partial charge in [0.05, 0.1) is 6.61 Å². The van der Waals surface area contributed by atoms with Crippen LogP contribution in [0.15, 0.2) is 10.7 Å². The summed E-state index contributed by atoms with van der Waals surface area (Å²) in [6.45, 7) is 8.54. The van der Waals surface area contributed by atoms with Crippen LogP contribution >= 0.6 is 0 Å². The molecule has 0 fully saturated rings. The summed E-state index contributed by atoms with van der Waals surface area (Å²) in [6.07, 6.45) is 3.49. The molecule has 1 atom stereocenters. The van der Waals surface area contributed by atoms with Crippen molar-refractivity contribution < 1.29 is 13.9 Å². The summed E-state index contributed by atoms with van der Waals surface area (Å²) in [5.74, 6) is 0.220. The topological polar surface area (TPSA) is 64.4 Å². The van der Waals surface area contributed by atoms with Crippen molar-refractivity contribution in [3.63, 3.8) is 0 Å². The first-order chi connectivity index (χ1) is 8.52. The van der Waals surface area contributed by atoms with E-state index >= 15 is 0 Å². The Morgan fingerprint density at radius 3 is 2.78 bits per heavy atom. The van der Waals surface area contributed by atoms with Gasteiger partial charge in [-0.1, -0.05) is 13.8 Å². The van der Waals surface area contributed by atoms with Crippen molar-refractivity contribution in [3.05, 3.63) is 12.0 Å². The van der Waals surface area contributed by atoms with Gasteiger partial charge in [0.15, 0.2) is 5.69 Å². The molecule has 0 amide bonds. The zero-order valence-corrected chi connectivity index (χ0v) is 11.5. The number of esters is 1. The van der Waals surface area contributed by atoms with E-state index in [1.54, 1.807) is 6.92 Å². The molecule has 1 N–H and O–H groups in total. The smallest absolute Gasteiger partial charge is 0.360 e. The van der Waals surface area contributed by atoms with Gasteiger partial charge >= 0.3 is 5.97 Å². The highest BCUT2D eigenvalue weighted by atomic mass is 16.5. The first-order valence-corrected chi connectivity index (χ1v) is 6.42. The summed E-state index contributed by atoms with van der Waals surface area (Å²) < 4.78 is 10.0. The van der Waals surface area contributed by atoms with Crippen LogP contribution < -0.4 is 5.32 Å². The normalized spacial score (nSPS) is 12.5. The van der Waals surface area contributed by atoms with E-state index in [1.807, 2.05) is 0 Å². The highest BCUT2D eigenvalue weighted by Crippen LogP contribution is 2.13. The number of carbonyl (C=O) groups is 1. The Bertz CT molecular complexity index is 374. The van der Waals surface area contributed by atoms with E-state index in [4.69, 9.17) is 9.15 Å². The van der Waals surface area contributed by atoms with Crippen LogP contribution in [0.5, 0.6) is 0 Å². The monoisotopic (exact) mass is 254 g/mol. The molecule has 0 saturated heterocycles. The Labute approximate surface area is 108 Å². The van der Waals surface area contributed by atoms with Gasteiger partial charge in [0.25, 0.3) is 6.01 Å². The molecule has 1 aromatic heterocycles. The zero-order chi connectivity index (χ0) is 13.5. The number of rotatable bonds is 7. The van der Waals surface area contributed by atoms with E-state index in [1.165, 1.54) is 6.26 Å². The van der Waals surface area contributed by atoms with Gasteiger partial charge in [-0.2, -0.15) is 4.98 Å². The van der Waals surface area contributed by atoms with Crippen LogP contribution in [-0.4, -0.2) is 23.6 Å². The van der Waals surface area contributed by atoms with Crippen molar-refractivity contribution >= 4 is 12.0 Å². The molecule has 0 radical (unpaired) electrons. The SMILES string of the molecule is CCOC(=O)c1coc(NC(C)CCC(C)C)n1. The summed E-state index contributed by atoms with van der Waals surface area (Å²) in [4.78, 5) is 15.4. The summed E-state index contributed by atoms with van der Waals surface area (Å²) >= 11 is 0. The number of anilines is 1. The minimum Gasteiger partial charge on any atom is -0.461 e. The predicted molar refractivity (Wildman–Crippen MR) is 69.6 cm³/mol. The van der Waals surface area contributed by atoms with Gasteiger partial charge in [-0.05, 0) is 32.6 Å². The number of ether oxygens (including phenoxy) is 1. The molecule has 0 aliphatic rings. The second-order valence-corrected chi connectivity index (χ2v) is 4.77. The molecule has 0 saturated carbocycles. The Hall–Kier alpha value is -1.52. The van der Waals surface area contributed by atoms with Gasteiger partial charge < -0.3 is 14.5 Å². The standard InChI is InChI=1S/C13H22N2O3/c1-5-17-12(16)11-8-18-13(15-11)14-10(4)7-6-9(2)3/h8-10H,5-7H2,1-4H3,(H,14,15). The van der Waals surface area contributed by atoms with Crippen molar-refractivity contribution in [1.29, 1.82) is 0 Å². The summed E-state index contributed by atoms with van der Waals surface area (Å²) in [6, 6.07) is 0.635. The Morgan fingerprint density at radius 1 is 1.44 bits per heavy atom. The average molecular weight is 254 g/mol. The van der Waals surface area contributed by atoms with Crippen LogP contribution in [-0.2, 0) is 4.74 Å². The highest BCUT2D eigenvalue weighted by Gasteiger charge is 2.14. The van der Waals surface area contributed by atoms with Crippen molar-refractivity contribution in [3.8, 4) is 0 Å². The summed E-state index contributed by atoms with van der Waals surface area (Å²) in [7, 11) is 0. The largest absolute Gasteiger partial charge is 0.461 e. The van der Waals surface area contributed by atoms with Crippen LogP contribution in [0.25, 0.3) is 0 Å². The number of nitrogens with zero attached hydrogens (tertiary/aromatic N) is 1. The van der Waals surface area contributed by atoms with Gasteiger partial charge in [0, 0.05) is 6.04 Å². The van der Waals surface area contributed by atoms with E-state index in [0.717, 1.165) is 12.8 Å². The predicted octanol–water partition coefficient (Wildman–Crippen LogP) is 3.09. The Morgan fingerprint density at radius 2 is 2.17 bits per heavy atom. The maximum atomic E-state index is 11.4. The van der Waals surface area contributed by atoms with Crippen LogP contribution in [0.1, 0.15) is 51.0 Å². The lowest BCUT2D eigenvalue weighted by atomic mass is 10.0. The lowest BCUT2D eigenvalue weighted by Crippen LogP contribution is -2.16. The number of nitrogens with one attached hydrogen (secondary N) is 1. The van der Waals surface area contributed by atoms with Gasteiger partial charge in [-0.25, -0.2) is 4.79 Å². The fourth-order valence-electron chi connectivity index (χ4n) is 1.51. The first kappa shape index (κ1) is 14.5. The van der Waals surface area contributed by atoms with Gasteiger partial charge in [0.1, 0.15) is 6.26 Å². The number of hydrogen-bond acceptors (Lipinski definition) is 5. The lowest BCUT2D eigenvalue weighted by Gasteiger charge is -2.13. The first-order valence-electron chi connectivity index (χ1n) is 6.42. The fourth-order valence-corrected chi connectivity index (χ4v) is 1.51. The molecule has 1 aromatic rings. The van der Waals surface area contributed by atoms with E-state index in [9.17, 15) is 4.79 Å². The number of carbonyl (C=O) groups excluding carboxylic acids is 1. The van der Waals surface area contributed by atoms with Crippen molar-refractivity contribution in [1.82, 2.24) is 4.98 Å². The molecule has 1 unspecified atom stereocenters. The van der Waals surface area contributed by atoms with Crippen LogP contribution in [0, 0.1) is 5.92 Å². The second kappa shape index (κ2) is 7.03. The minimum absolute atomic E-state index is 0.204. The molecule has 1 heterocycles. The molecule has 5 nitrogen and oxygen atoms in total. The molecular formula is C13H22N2O3. The molecule has 0 bridgehead atoms. The lowest BCUT2D eigenvalue weighted by molar-refractivity contribution is 0.0519. The van der Waals surface area contributed by atoms with E-state index in [-0.39, 0.29) is 11.7 Å². The number of hydrogen-bond donors (Lipinski definition) is 1. The molecular weight excluding hydrogens is 232 g/mol. The van der Waals surface area contributed by atoms with E-state index < -0.39 is 5.97 Å². The van der Waals surface area contributed by atoms with Gasteiger partial charge in [0.2, 0.25) is 0 Å². The summed E-state index contributed by atoms with van der Waals surface area (Å²) in [5, 5.41) is 3.13. The zero-order valence-electron chi connectivity index (χ0n) is 11.5. The van der Waals surface area contributed by atoms with E-state index in [0.29, 0.717) is 18.5 Å². The van der Waals surface area contributed by atoms with Gasteiger partial charge in [-0.3, -0.25) is 0 Å². The molecule has 18 heavy (non-hydrogen) atoms. The highest BCUT2D eigenvalue weighted by molar-refractivity contribution is 5.87. The maximum absolute atomic E-state index is 11.4. The molecule has 0 aliphatic heterocycles. The third kappa shape index (κ3) is 4.77. The Kier molecular flexibility index (Phi) is 5.68. The van der Waals surface area contributed by atoms with Crippen LogP contribution in [0.4, 0.5) is 6.01 Å². The maximum Gasteiger partial charge on any atom is 0.360 e. The molecule has 0 aliphatic carbocycles. The molecule has 1 rings (SSSR count). The third-order valence-corrected chi connectivity index (χ3v) is 2.54. The van der Waals surface area contributed by atoms with Crippen molar-refractivity contribution in [2.24, 2.45) is 5.92 Å². The summed E-state index contributed by atoms with van der Waals surface area (Å²) in [5.41, 5.74) is 0.204. The Balaban J connectivity index is 2.45. The third-order valence-electron chi connectivity index (χ3n) is 2.54. The molecule has 0 spiro atoms. The van der Waals surface area contributed by atoms with Crippen LogP contribution in [0.3, 0.4) is 0 Å². The number of oxazole rings is 1. The quantitative estimate of drug-likeness (QED) is 0.757.